The van der Waals surface area contributed by atoms with E-state index in [1.54, 1.807) is 0 Å². The van der Waals surface area contributed by atoms with Gasteiger partial charge in [0.15, 0.2) is 5.82 Å². The summed E-state index contributed by atoms with van der Waals surface area (Å²) in [6, 6.07) is 7.82. The molecule has 15 heavy (non-hydrogen) atoms. The van der Waals surface area contributed by atoms with E-state index in [-0.39, 0.29) is 0 Å². The first-order valence-electron chi connectivity index (χ1n) is 4.88. The van der Waals surface area contributed by atoms with Crippen LogP contribution in [0.1, 0.15) is 19.2 Å². The highest BCUT2D eigenvalue weighted by Crippen LogP contribution is 2.20. The molecule has 0 fully saturated rings. The van der Waals surface area contributed by atoms with Gasteiger partial charge >= 0.3 is 0 Å². The lowest BCUT2D eigenvalue weighted by Crippen LogP contribution is -1.85. The van der Waals surface area contributed by atoms with Gasteiger partial charge in [-0.25, -0.2) is 0 Å². The molecular weight excluding hydrogens is 256 g/mol. The molecule has 0 radical (unpaired) electrons. The number of benzene rings is 1. The Hall–Kier alpha value is -1.16. The second-order valence-corrected chi connectivity index (χ2v) is 4.19. The molecule has 0 spiro atoms. The van der Waals surface area contributed by atoms with Crippen molar-refractivity contribution >= 4 is 15.9 Å². The highest BCUT2D eigenvalue weighted by Gasteiger charge is 2.07. The number of rotatable bonds is 3. The Morgan fingerprint density at radius 2 is 2.00 bits per heavy atom. The summed E-state index contributed by atoms with van der Waals surface area (Å²) in [5.41, 5.74) is 0.952. The molecule has 1 heterocycles. The fourth-order valence-corrected chi connectivity index (χ4v) is 1.55. The third-order valence-electron chi connectivity index (χ3n) is 2.03. The highest BCUT2D eigenvalue weighted by atomic mass is 79.9. The van der Waals surface area contributed by atoms with Gasteiger partial charge in [-0.1, -0.05) is 28.0 Å². The van der Waals surface area contributed by atoms with Gasteiger partial charge in [-0.2, -0.15) is 4.98 Å². The molecule has 0 aliphatic rings. The number of aryl methyl sites for hydroxylation is 1. The predicted molar refractivity (Wildman–Crippen MR) is 61.4 cm³/mol. The molecule has 4 heteroatoms. The molecule has 0 aliphatic carbocycles. The number of hydrogen-bond donors (Lipinski definition) is 0. The lowest BCUT2D eigenvalue weighted by molar-refractivity contribution is 0.422. The molecule has 0 N–H and O–H groups in total. The first-order valence-corrected chi connectivity index (χ1v) is 5.67. The topological polar surface area (TPSA) is 38.9 Å². The third kappa shape index (κ3) is 2.45. The molecule has 0 bridgehead atoms. The van der Waals surface area contributed by atoms with Crippen molar-refractivity contribution in [1.82, 2.24) is 10.1 Å². The van der Waals surface area contributed by atoms with Gasteiger partial charge in [0.1, 0.15) is 0 Å². The second kappa shape index (κ2) is 4.57. The van der Waals surface area contributed by atoms with Gasteiger partial charge in [-0.3, -0.25) is 0 Å². The van der Waals surface area contributed by atoms with Crippen LogP contribution >= 0.6 is 15.9 Å². The molecule has 0 saturated carbocycles. The van der Waals surface area contributed by atoms with Gasteiger partial charge < -0.3 is 4.52 Å². The van der Waals surface area contributed by atoms with Crippen LogP contribution in [0.15, 0.2) is 33.3 Å². The SMILES string of the molecule is CCCc1noc(-c2ccc(Br)cc2)n1. The zero-order valence-corrected chi connectivity index (χ0v) is 9.99. The summed E-state index contributed by atoms with van der Waals surface area (Å²) in [5, 5.41) is 3.91. The van der Waals surface area contributed by atoms with Crippen LogP contribution in [-0.4, -0.2) is 10.1 Å². The van der Waals surface area contributed by atoms with E-state index in [2.05, 4.69) is 33.0 Å². The number of halogens is 1. The number of nitrogens with zero attached hydrogens (tertiary/aromatic N) is 2. The Morgan fingerprint density at radius 1 is 1.27 bits per heavy atom. The molecule has 0 unspecified atom stereocenters. The predicted octanol–water partition coefficient (Wildman–Crippen LogP) is 3.45. The third-order valence-corrected chi connectivity index (χ3v) is 2.56. The van der Waals surface area contributed by atoms with Gasteiger partial charge in [0.05, 0.1) is 0 Å². The second-order valence-electron chi connectivity index (χ2n) is 3.27. The smallest absolute Gasteiger partial charge is 0.257 e. The Morgan fingerprint density at radius 3 is 2.67 bits per heavy atom. The van der Waals surface area contributed by atoms with Crippen LogP contribution in [0.5, 0.6) is 0 Å². The molecule has 1 aromatic carbocycles. The van der Waals surface area contributed by atoms with Crippen molar-refractivity contribution in [3.8, 4) is 11.5 Å². The van der Waals surface area contributed by atoms with E-state index >= 15 is 0 Å². The van der Waals surface area contributed by atoms with Crippen molar-refractivity contribution < 1.29 is 4.52 Å². The average molecular weight is 267 g/mol. The molecule has 3 nitrogen and oxygen atoms in total. The van der Waals surface area contributed by atoms with Crippen LogP contribution in [0.2, 0.25) is 0 Å². The summed E-state index contributed by atoms with van der Waals surface area (Å²) in [7, 11) is 0. The molecule has 1 aromatic heterocycles. The van der Waals surface area contributed by atoms with E-state index in [1.165, 1.54) is 0 Å². The Labute approximate surface area is 96.6 Å². The average Bonchev–Trinajstić information content (AvgIpc) is 2.68. The van der Waals surface area contributed by atoms with Gasteiger partial charge in [0.2, 0.25) is 0 Å². The fourth-order valence-electron chi connectivity index (χ4n) is 1.29. The van der Waals surface area contributed by atoms with E-state index in [0.29, 0.717) is 5.89 Å². The fraction of sp³-hybridized carbons (Fsp3) is 0.273. The quantitative estimate of drug-likeness (QED) is 0.854. The first kappa shape index (κ1) is 10.4. The summed E-state index contributed by atoms with van der Waals surface area (Å²) in [6.45, 7) is 2.09. The summed E-state index contributed by atoms with van der Waals surface area (Å²) in [5.74, 6) is 1.36. The van der Waals surface area contributed by atoms with Crippen LogP contribution in [0, 0.1) is 0 Å². The Kier molecular flexibility index (Phi) is 3.16. The summed E-state index contributed by atoms with van der Waals surface area (Å²) in [4.78, 5) is 4.31. The molecule has 2 rings (SSSR count). The Balaban J connectivity index is 2.25. The van der Waals surface area contributed by atoms with Crippen molar-refractivity contribution in [3.63, 3.8) is 0 Å². The number of hydrogen-bond acceptors (Lipinski definition) is 3. The maximum Gasteiger partial charge on any atom is 0.257 e. The van der Waals surface area contributed by atoms with Crippen molar-refractivity contribution in [2.75, 3.05) is 0 Å². The van der Waals surface area contributed by atoms with Gasteiger partial charge in [0, 0.05) is 16.5 Å². The van der Waals surface area contributed by atoms with Crippen molar-refractivity contribution in [2.45, 2.75) is 19.8 Å². The van der Waals surface area contributed by atoms with E-state index in [9.17, 15) is 0 Å². The van der Waals surface area contributed by atoms with Crippen molar-refractivity contribution in [1.29, 1.82) is 0 Å². The largest absolute Gasteiger partial charge is 0.334 e. The highest BCUT2D eigenvalue weighted by molar-refractivity contribution is 9.10. The van der Waals surface area contributed by atoms with Gasteiger partial charge in [0.25, 0.3) is 5.89 Å². The van der Waals surface area contributed by atoms with Crippen LogP contribution in [0.4, 0.5) is 0 Å². The molecule has 0 atom stereocenters. The zero-order chi connectivity index (χ0) is 10.7. The maximum absolute atomic E-state index is 5.17. The minimum atomic E-state index is 0.589. The van der Waals surface area contributed by atoms with Crippen molar-refractivity contribution in [3.05, 3.63) is 34.6 Å². The van der Waals surface area contributed by atoms with E-state index < -0.39 is 0 Å². The van der Waals surface area contributed by atoms with E-state index in [0.717, 1.165) is 28.7 Å². The number of aromatic nitrogens is 2. The molecule has 2 aromatic rings. The molecule has 78 valence electrons. The van der Waals surface area contributed by atoms with E-state index in [1.807, 2.05) is 24.3 Å². The molecule has 0 amide bonds. The standard InChI is InChI=1S/C11H11BrN2O/c1-2-3-10-13-11(15-14-10)8-4-6-9(12)7-5-8/h4-7H,2-3H2,1H3. The lowest BCUT2D eigenvalue weighted by Gasteiger charge is -1.93. The Bertz CT molecular complexity index is 436. The molecule has 0 aliphatic heterocycles. The maximum atomic E-state index is 5.17. The monoisotopic (exact) mass is 266 g/mol. The normalized spacial score (nSPS) is 10.5. The van der Waals surface area contributed by atoms with Crippen LogP contribution in [0.25, 0.3) is 11.5 Å². The van der Waals surface area contributed by atoms with Crippen LogP contribution < -0.4 is 0 Å². The van der Waals surface area contributed by atoms with Crippen LogP contribution in [0.3, 0.4) is 0 Å². The van der Waals surface area contributed by atoms with Gasteiger partial charge in [-0.15, -0.1) is 0 Å². The molecule has 0 saturated heterocycles. The summed E-state index contributed by atoms with van der Waals surface area (Å²) in [6.07, 6.45) is 1.89. The lowest BCUT2D eigenvalue weighted by atomic mass is 10.2. The van der Waals surface area contributed by atoms with E-state index in [4.69, 9.17) is 4.52 Å². The van der Waals surface area contributed by atoms with Crippen molar-refractivity contribution in [2.24, 2.45) is 0 Å². The van der Waals surface area contributed by atoms with Crippen LogP contribution in [-0.2, 0) is 6.42 Å². The minimum Gasteiger partial charge on any atom is -0.334 e. The summed E-state index contributed by atoms with van der Waals surface area (Å²) >= 11 is 3.38. The summed E-state index contributed by atoms with van der Waals surface area (Å²) < 4.78 is 6.21. The minimum absolute atomic E-state index is 0.589. The first-order chi connectivity index (χ1) is 7.29. The van der Waals surface area contributed by atoms with Gasteiger partial charge in [-0.05, 0) is 30.7 Å². The zero-order valence-electron chi connectivity index (χ0n) is 8.40. The molecular formula is C11H11BrN2O.